The van der Waals surface area contributed by atoms with Gasteiger partial charge in [0, 0.05) is 10.5 Å². The highest BCUT2D eigenvalue weighted by molar-refractivity contribution is 9.10. The summed E-state index contributed by atoms with van der Waals surface area (Å²) in [6, 6.07) is 4.46. The zero-order valence-corrected chi connectivity index (χ0v) is 10.4. The number of rotatable bonds is 3. The molecule has 3 nitrogen and oxygen atoms in total. The maximum atomic E-state index is 5.35. The van der Waals surface area contributed by atoms with Gasteiger partial charge in [-0.15, -0.1) is 0 Å². The summed E-state index contributed by atoms with van der Waals surface area (Å²) in [5.41, 5.74) is 1.24. The third-order valence-corrected chi connectivity index (χ3v) is 3.30. The van der Waals surface area contributed by atoms with Crippen molar-refractivity contribution in [1.82, 2.24) is 5.32 Å². The van der Waals surface area contributed by atoms with Gasteiger partial charge in [-0.05, 0) is 38.1 Å². The van der Waals surface area contributed by atoms with E-state index >= 15 is 0 Å². The first-order chi connectivity index (χ1) is 7.20. The van der Waals surface area contributed by atoms with Gasteiger partial charge in [-0.25, -0.2) is 0 Å². The predicted molar refractivity (Wildman–Crippen MR) is 62.5 cm³/mol. The molecule has 2 rings (SSSR count). The van der Waals surface area contributed by atoms with Gasteiger partial charge in [0.2, 0.25) is 6.79 Å². The van der Waals surface area contributed by atoms with Crippen molar-refractivity contribution in [2.24, 2.45) is 0 Å². The minimum Gasteiger partial charge on any atom is -0.454 e. The Morgan fingerprint density at radius 1 is 1.40 bits per heavy atom. The third-order valence-electron chi connectivity index (χ3n) is 2.56. The minimum atomic E-state index is 0.326. The molecule has 1 aromatic carbocycles. The first-order valence-electron chi connectivity index (χ1n) is 4.96. The molecule has 0 saturated carbocycles. The number of ether oxygens (including phenoxy) is 2. The zero-order chi connectivity index (χ0) is 10.8. The van der Waals surface area contributed by atoms with Gasteiger partial charge in [-0.2, -0.15) is 0 Å². The number of likely N-dealkylation sites (N-methyl/N-ethyl adjacent to an activating group) is 1. The fraction of sp³-hybridized carbons (Fsp3) is 0.455. The topological polar surface area (TPSA) is 30.5 Å². The molecule has 1 aromatic rings. The van der Waals surface area contributed by atoms with Crippen LogP contribution in [0.4, 0.5) is 0 Å². The average Bonchev–Trinajstić information content (AvgIpc) is 2.65. The van der Waals surface area contributed by atoms with Crippen molar-refractivity contribution < 1.29 is 9.47 Å². The van der Waals surface area contributed by atoms with Crippen molar-refractivity contribution in [3.05, 3.63) is 22.2 Å². The van der Waals surface area contributed by atoms with E-state index in [4.69, 9.17) is 9.47 Å². The summed E-state index contributed by atoms with van der Waals surface area (Å²) in [7, 11) is 1.96. The van der Waals surface area contributed by atoms with Crippen molar-refractivity contribution in [2.45, 2.75) is 19.4 Å². The Bertz CT molecular complexity index is 368. The van der Waals surface area contributed by atoms with Gasteiger partial charge in [0.15, 0.2) is 11.5 Å². The van der Waals surface area contributed by atoms with Crippen LogP contribution in [-0.4, -0.2) is 19.9 Å². The number of halogens is 1. The highest BCUT2D eigenvalue weighted by atomic mass is 79.9. The minimum absolute atomic E-state index is 0.326. The van der Waals surface area contributed by atoms with Gasteiger partial charge < -0.3 is 14.8 Å². The van der Waals surface area contributed by atoms with Crippen molar-refractivity contribution in [3.8, 4) is 11.5 Å². The molecular formula is C11H14BrNO2. The SMILES string of the molecule is CN[C@@H](C)Cc1cc2c(cc1Br)OCO2. The largest absolute Gasteiger partial charge is 0.454 e. The van der Waals surface area contributed by atoms with Gasteiger partial charge in [0.1, 0.15) is 0 Å². The monoisotopic (exact) mass is 271 g/mol. The van der Waals surface area contributed by atoms with E-state index in [1.807, 2.05) is 19.2 Å². The van der Waals surface area contributed by atoms with E-state index in [9.17, 15) is 0 Å². The Morgan fingerprint density at radius 3 is 2.73 bits per heavy atom. The Kier molecular flexibility index (Phi) is 3.17. The van der Waals surface area contributed by atoms with Gasteiger partial charge in [0.05, 0.1) is 0 Å². The molecule has 0 radical (unpaired) electrons. The summed E-state index contributed by atoms with van der Waals surface area (Å²) in [5.74, 6) is 1.67. The fourth-order valence-corrected chi connectivity index (χ4v) is 2.03. The summed E-state index contributed by atoms with van der Waals surface area (Å²) in [4.78, 5) is 0. The Hall–Kier alpha value is -0.740. The molecule has 1 atom stereocenters. The molecule has 15 heavy (non-hydrogen) atoms. The second-order valence-electron chi connectivity index (χ2n) is 3.69. The predicted octanol–water partition coefficient (Wildman–Crippen LogP) is 2.33. The van der Waals surface area contributed by atoms with Crippen molar-refractivity contribution in [3.63, 3.8) is 0 Å². The van der Waals surface area contributed by atoms with Crippen LogP contribution in [0, 0.1) is 0 Å². The third kappa shape index (κ3) is 2.26. The maximum Gasteiger partial charge on any atom is 0.231 e. The zero-order valence-electron chi connectivity index (χ0n) is 8.84. The van der Waals surface area contributed by atoms with Crippen LogP contribution >= 0.6 is 15.9 Å². The number of nitrogens with one attached hydrogen (secondary N) is 1. The van der Waals surface area contributed by atoms with Crippen LogP contribution in [0.1, 0.15) is 12.5 Å². The average molecular weight is 272 g/mol. The van der Waals surface area contributed by atoms with E-state index < -0.39 is 0 Å². The molecule has 0 bridgehead atoms. The normalized spacial score (nSPS) is 15.4. The van der Waals surface area contributed by atoms with Crippen molar-refractivity contribution in [1.29, 1.82) is 0 Å². The molecule has 0 aliphatic carbocycles. The van der Waals surface area contributed by atoms with Gasteiger partial charge in [0.25, 0.3) is 0 Å². The first-order valence-corrected chi connectivity index (χ1v) is 5.75. The molecule has 0 unspecified atom stereocenters. The molecule has 0 fully saturated rings. The van der Waals surface area contributed by atoms with Crippen LogP contribution in [0.3, 0.4) is 0 Å². The van der Waals surface area contributed by atoms with Crippen LogP contribution in [-0.2, 0) is 6.42 Å². The second kappa shape index (κ2) is 4.41. The van der Waals surface area contributed by atoms with E-state index in [0.29, 0.717) is 12.8 Å². The quantitative estimate of drug-likeness (QED) is 0.916. The lowest BCUT2D eigenvalue weighted by atomic mass is 10.1. The van der Waals surface area contributed by atoms with Crippen LogP contribution in [0.15, 0.2) is 16.6 Å². The molecule has 0 spiro atoms. The lowest BCUT2D eigenvalue weighted by molar-refractivity contribution is 0.174. The smallest absolute Gasteiger partial charge is 0.231 e. The maximum absolute atomic E-state index is 5.35. The lowest BCUT2D eigenvalue weighted by Crippen LogP contribution is -2.23. The number of hydrogen-bond donors (Lipinski definition) is 1. The highest BCUT2D eigenvalue weighted by Crippen LogP contribution is 2.37. The van der Waals surface area contributed by atoms with E-state index in [-0.39, 0.29) is 0 Å². The fourth-order valence-electron chi connectivity index (χ4n) is 1.55. The van der Waals surface area contributed by atoms with E-state index in [1.54, 1.807) is 0 Å². The summed E-state index contributed by atoms with van der Waals surface area (Å²) in [6.45, 7) is 2.48. The Morgan fingerprint density at radius 2 is 2.07 bits per heavy atom. The van der Waals surface area contributed by atoms with Crippen molar-refractivity contribution >= 4 is 15.9 Å². The molecule has 1 aliphatic rings. The van der Waals surface area contributed by atoms with E-state index in [1.165, 1.54) is 5.56 Å². The van der Waals surface area contributed by atoms with Crippen LogP contribution in [0.25, 0.3) is 0 Å². The van der Waals surface area contributed by atoms with Gasteiger partial charge in [-0.1, -0.05) is 15.9 Å². The van der Waals surface area contributed by atoms with Crippen LogP contribution in [0.2, 0.25) is 0 Å². The number of fused-ring (bicyclic) bond motifs is 1. The number of benzene rings is 1. The van der Waals surface area contributed by atoms with Crippen molar-refractivity contribution in [2.75, 3.05) is 13.8 Å². The Balaban J connectivity index is 2.24. The Labute approximate surface area is 97.9 Å². The first kappa shape index (κ1) is 10.8. The highest BCUT2D eigenvalue weighted by Gasteiger charge is 2.16. The molecule has 1 aliphatic heterocycles. The molecule has 4 heteroatoms. The lowest BCUT2D eigenvalue weighted by Gasteiger charge is -2.12. The molecule has 0 aromatic heterocycles. The second-order valence-corrected chi connectivity index (χ2v) is 4.55. The standard InChI is InChI=1S/C11H14BrNO2/c1-7(13-2)3-8-4-10-11(5-9(8)12)15-6-14-10/h4-5,7,13H,3,6H2,1-2H3/t7-/m0/s1. The molecule has 1 heterocycles. The molecule has 0 saturated heterocycles. The molecular weight excluding hydrogens is 258 g/mol. The van der Waals surface area contributed by atoms with Gasteiger partial charge in [-0.3, -0.25) is 0 Å². The van der Waals surface area contributed by atoms with E-state index in [0.717, 1.165) is 22.4 Å². The summed E-state index contributed by atoms with van der Waals surface area (Å²) in [5, 5.41) is 3.22. The molecule has 0 amide bonds. The summed E-state index contributed by atoms with van der Waals surface area (Å²) in [6.07, 6.45) is 0.966. The van der Waals surface area contributed by atoms with Crippen LogP contribution in [0.5, 0.6) is 11.5 Å². The van der Waals surface area contributed by atoms with E-state index in [2.05, 4.69) is 28.2 Å². The summed E-state index contributed by atoms with van der Waals surface area (Å²) < 4.78 is 11.7. The number of hydrogen-bond acceptors (Lipinski definition) is 3. The molecule has 1 N–H and O–H groups in total. The summed E-state index contributed by atoms with van der Waals surface area (Å²) >= 11 is 3.54. The van der Waals surface area contributed by atoms with Gasteiger partial charge >= 0.3 is 0 Å². The van der Waals surface area contributed by atoms with Crippen LogP contribution < -0.4 is 14.8 Å². The molecule has 82 valence electrons.